The maximum Gasteiger partial charge on any atom is 0.418 e. The number of hydrogen-bond acceptors (Lipinski definition) is 2. The summed E-state index contributed by atoms with van der Waals surface area (Å²) in [6, 6.07) is 5.88. The number of hydrogen-bond donors (Lipinski definition) is 1. The molecule has 1 fully saturated rings. The van der Waals surface area contributed by atoms with E-state index in [9.17, 15) is 13.2 Å². The van der Waals surface area contributed by atoms with E-state index in [4.69, 9.17) is 0 Å². The number of nitrogens with one attached hydrogen (secondary N) is 1. The van der Waals surface area contributed by atoms with Crippen LogP contribution in [-0.4, -0.2) is 26.2 Å². The van der Waals surface area contributed by atoms with E-state index in [2.05, 4.69) is 12.2 Å². The summed E-state index contributed by atoms with van der Waals surface area (Å²) in [5.41, 5.74) is -0.197. The van der Waals surface area contributed by atoms with Crippen molar-refractivity contribution in [2.45, 2.75) is 32.4 Å². The molecule has 2 nitrogen and oxygen atoms in total. The molecule has 0 spiro atoms. The van der Waals surface area contributed by atoms with E-state index in [0.29, 0.717) is 24.7 Å². The SMILES string of the molecule is CCCNCC1CCN(c2ccccc2C(F)(F)F)CC1. The first-order chi connectivity index (χ1) is 10.0. The summed E-state index contributed by atoms with van der Waals surface area (Å²) < 4.78 is 39.1. The van der Waals surface area contributed by atoms with Crippen LogP contribution in [0.1, 0.15) is 31.7 Å². The van der Waals surface area contributed by atoms with Crippen molar-refractivity contribution in [2.24, 2.45) is 5.92 Å². The van der Waals surface area contributed by atoms with Crippen LogP contribution < -0.4 is 10.2 Å². The van der Waals surface area contributed by atoms with Crippen LogP contribution in [0.25, 0.3) is 0 Å². The van der Waals surface area contributed by atoms with Gasteiger partial charge in [-0.25, -0.2) is 0 Å². The third kappa shape index (κ3) is 4.37. The summed E-state index contributed by atoms with van der Waals surface area (Å²) in [4.78, 5) is 1.87. The minimum atomic E-state index is -4.28. The van der Waals surface area contributed by atoms with Gasteiger partial charge in [0.05, 0.1) is 5.56 Å². The maximum atomic E-state index is 13.0. The molecule has 2 rings (SSSR count). The lowest BCUT2D eigenvalue weighted by atomic mass is 9.95. The fourth-order valence-electron chi connectivity index (χ4n) is 2.85. The summed E-state index contributed by atoms with van der Waals surface area (Å²) in [5.74, 6) is 0.575. The Hall–Kier alpha value is -1.23. The molecule has 0 saturated carbocycles. The van der Waals surface area contributed by atoms with Crippen LogP contribution in [0.3, 0.4) is 0 Å². The summed E-state index contributed by atoms with van der Waals surface area (Å²) in [6.07, 6.45) is -1.28. The second-order valence-electron chi connectivity index (χ2n) is 5.65. The Bertz CT molecular complexity index is 437. The van der Waals surface area contributed by atoms with E-state index in [1.165, 1.54) is 12.1 Å². The summed E-state index contributed by atoms with van der Waals surface area (Å²) >= 11 is 0. The molecular formula is C16H23F3N2. The van der Waals surface area contributed by atoms with Crippen molar-refractivity contribution in [1.29, 1.82) is 0 Å². The second-order valence-corrected chi connectivity index (χ2v) is 5.65. The van der Waals surface area contributed by atoms with E-state index in [1.54, 1.807) is 12.1 Å². The molecule has 1 aromatic carbocycles. The van der Waals surface area contributed by atoms with Crippen LogP contribution in [0, 0.1) is 5.92 Å². The van der Waals surface area contributed by atoms with Crippen LogP contribution >= 0.6 is 0 Å². The van der Waals surface area contributed by atoms with Gasteiger partial charge in [0.2, 0.25) is 0 Å². The van der Waals surface area contributed by atoms with Crippen molar-refractivity contribution in [3.05, 3.63) is 29.8 Å². The fourth-order valence-corrected chi connectivity index (χ4v) is 2.85. The topological polar surface area (TPSA) is 15.3 Å². The molecule has 0 unspecified atom stereocenters. The molecular weight excluding hydrogens is 277 g/mol. The number of nitrogens with zero attached hydrogens (tertiary/aromatic N) is 1. The highest BCUT2D eigenvalue weighted by Crippen LogP contribution is 2.37. The average Bonchev–Trinajstić information content (AvgIpc) is 2.47. The van der Waals surface area contributed by atoms with E-state index in [1.807, 2.05) is 4.90 Å². The first-order valence-corrected chi connectivity index (χ1v) is 7.64. The number of para-hydroxylation sites is 1. The first kappa shape index (κ1) is 16.1. The van der Waals surface area contributed by atoms with Crippen LogP contribution in [0.4, 0.5) is 18.9 Å². The van der Waals surface area contributed by atoms with Crippen LogP contribution in [0.15, 0.2) is 24.3 Å². The van der Waals surface area contributed by atoms with Crippen LogP contribution in [-0.2, 0) is 6.18 Å². The number of alkyl halides is 3. The second kappa shape index (κ2) is 7.16. The molecule has 1 saturated heterocycles. The minimum absolute atomic E-state index is 0.324. The van der Waals surface area contributed by atoms with Crippen molar-refractivity contribution in [1.82, 2.24) is 5.32 Å². The predicted molar refractivity (Wildman–Crippen MR) is 79.5 cm³/mol. The lowest BCUT2D eigenvalue weighted by Crippen LogP contribution is -2.38. The Morgan fingerprint density at radius 2 is 1.86 bits per heavy atom. The summed E-state index contributed by atoms with van der Waals surface area (Å²) in [5, 5.41) is 3.40. The molecule has 0 radical (unpaired) electrons. The number of benzene rings is 1. The van der Waals surface area contributed by atoms with Gasteiger partial charge in [-0.2, -0.15) is 13.2 Å². The van der Waals surface area contributed by atoms with Crippen molar-refractivity contribution < 1.29 is 13.2 Å². The molecule has 1 aromatic rings. The van der Waals surface area contributed by atoms with Gasteiger partial charge in [0.1, 0.15) is 0 Å². The zero-order chi connectivity index (χ0) is 15.3. The molecule has 5 heteroatoms. The molecule has 21 heavy (non-hydrogen) atoms. The highest BCUT2D eigenvalue weighted by atomic mass is 19.4. The van der Waals surface area contributed by atoms with E-state index < -0.39 is 11.7 Å². The lowest BCUT2D eigenvalue weighted by Gasteiger charge is -2.35. The van der Waals surface area contributed by atoms with E-state index >= 15 is 0 Å². The largest absolute Gasteiger partial charge is 0.418 e. The minimum Gasteiger partial charge on any atom is -0.371 e. The van der Waals surface area contributed by atoms with Crippen molar-refractivity contribution in [3.8, 4) is 0 Å². The summed E-state index contributed by atoms with van der Waals surface area (Å²) in [6.45, 7) is 5.51. The van der Waals surface area contributed by atoms with Gasteiger partial charge in [-0.05, 0) is 50.4 Å². The lowest BCUT2D eigenvalue weighted by molar-refractivity contribution is -0.137. The van der Waals surface area contributed by atoms with E-state index in [0.717, 1.165) is 32.4 Å². The molecule has 0 aromatic heterocycles. The molecule has 0 amide bonds. The predicted octanol–water partition coefficient (Wildman–Crippen LogP) is 3.92. The van der Waals surface area contributed by atoms with Gasteiger partial charge >= 0.3 is 6.18 Å². The third-order valence-corrected chi connectivity index (χ3v) is 4.02. The van der Waals surface area contributed by atoms with Crippen LogP contribution in [0.5, 0.6) is 0 Å². The first-order valence-electron chi connectivity index (χ1n) is 7.64. The summed E-state index contributed by atoms with van der Waals surface area (Å²) in [7, 11) is 0. The Kier molecular flexibility index (Phi) is 5.51. The highest BCUT2D eigenvalue weighted by Gasteiger charge is 2.35. The molecule has 0 aliphatic carbocycles. The average molecular weight is 300 g/mol. The number of piperidine rings is 1. The molecule has 1 heterocycles. The Balaban J connectivity index is 1.97. The number of rotatable bonds is 5. The zero-order valence-electron chi connectivity index (χ0n) is 12.4. The van der Waals surface area contributed by atoms with Gasteiger partial charge in [0, 0.05) is 18.8 Å². The van der Waals surface area contributed by atoms with Crippen molar-refractivity contribution >= 4 is 5.69 Å². The third-order valence-electron chi connectivity index (χ3n) is 4.02. The van der Waals surface area contributed by atoms with Gasteiger partial charge in [0.15, 0.2) is 0 Å². The zero-order valence-corrected chi connectivity index (χ0v) is 12.4. The van der Waals surface area contributed by atoms with Crippen molar-refractivity contribution in [2.75, 3.05) is 31.1 Å². The molecule has 0 atom stereocenters. The normalized spacial score (nSPS) is 17.2. The molecule has 0 bridgehead atoms. The highest BCUT2D eigenvalue weighted by molar-refractivity contribution is 5.55. The van der Waals surface area contributed by atoms with E-state index in [-0.39, 0.29) is 0 Å². The Labute approximate surface area is 124 Å². The monoisotopic (exact) mass is 300 g/mol. The number of halogens is 3. The van der Waals surface area contributed by atoms with Gasteiger partial charge in [0.25, 0.3) is 0 Å². The maximum absolute atomic E-state index is 13.0. The molecule has 1 aliphatic heterocycles. The van der Waals surface area contributed by atoms with Gasteiger partial charge in [-0.1, -0.05) is 19.1 Å². The Morgan fingerprint density at radius 3 is 2.48 bits per heavy atom. The Morgan fingerprint density at radius 1 is 1.19 bits per heavy atom. The standard InChI is InChI=1S/C16H23F3N2/c1-2-9-20-12-13-7-10-21(11-8-13)15-6-4-3-5-14(15)16(17,18)19/h3-6,13,20H,2,7-12H2,1H3. The molecule has 1 aliphatic rings. The fraction of sp³-hybridized carbons (Fsp3) is 0.625. The van der Waals surface area contributed by atoms with Gasteiger partial charge in [-0.3, -0.25) is 0 Å². The smallest absolute Gasteiger partial charge is 0.371 e. The van der Waals surface area contributed by atoms with Crippen molar-refractivity contribution in [3.63, 3.8) is 0 Å². The van der Waals surface area contributed by atoms with Gasteiger partial charge < -0.3 is 10.2 Å². The number of anilines is 1. The molecule has 118 valence electrons. The van der Waals surface area contributed by atoms with Gasteiger partial charge in [-0.15, -0.1) is 0 Å². The molecule has 1 N–H and O–H groups in total. The quantitative estimate of drug-likeness (QED) is 0.829. The van der Waals surface area contributed by atoms with Crippen LogP contribution in [0.2, 0.25) is 0 Å².